The van der Waals surface area contributed by atoms with Crippen molar-refractivity contribution in [3.63, 3.8) is 0 Å². The number of halogens is 2. The minimum atomic E-state index is -0.936. The predicted molar refractivity (Wildman–Crippen MR) is 79.7 cm³/mol. The summed E-state index contributed by atoms with van der Waals surface area (Å²) in [4.78, 5) is 12.0. The molecule has 2 aromatic carbocycles. The maximum Gasteiger partial charge on any atom is 0.266 e. The molecule has 1 N–H and O–H groups in total. The molecule has 0 bridgehead atoms. The minimum Gasteiger partial charge on any atom is -0.319 e. The summed E-state index contributed by atoms with van der Waals surface area (Å²) in [5.41, 5.74) is 0.504. The van der Waals surface area contributed by atoms with Crippen LogP contribution < -0.4 is 5.32 Å². The molecule has 0 spiro atoms. The van der Waals surface area contributed by atoms with Crippen molar-refractivity contribution in [3.05, 3.63) is 70.8 Å². The summed E-state index contributed by atoms with van der Waals surface area (Å²) in [6.07, 6.45) is 1.30. The second kappa shape index (κ2) is 6.97. The van der Waals surface area contributed by atoms with Gasteiger partial charge in [0.05, 0.1) is 17.3 Å². The third kappa shape index (κ3) is 3.99. The predicted octanol–water partition coefficient (Wildman–Crippen LogP) is 3.38. The zero-order valence-corrected chi connectivity index (χ0v) is 11.7. The van der Waals surface area contributed by atoms with Crippen molar-refractivity contribution in [1.29, 1.82) is 10.5 Å². The number of carbonyl (C=O) groups excluding carboxylic acids is 1. The molecule has 0 fully saturated rings. The Bertz CT molecular complexity index is 859. The fourth-order valence-corrected chi connectivity index (χ4v) is 1.75. The molecule has 0 saturated carbocycles. The van der Waals surface area contributed by atoms with E-state index in [0.29, 0.717) is 17.2 Å². The molecule has 0 unspecified atom stereocenters. The average Bonchev–Trinajstić information content (AvgIpc) is 2.55. The van der Waals surface area contributed by atoms with E-state index >= 15 is 0 Å². The van der Waals surface area contributed by atoms with Crippen LogP contribution in [-0.2, 0) is 4.79 Å². The number of anilines is 1. The van der Waals surface area contributed by atoms with Gasteiger partial charge in [-0.1, -0.05) is 12.1 Å². The van der Waals surface area contributed by atoms with E-state index in [-0.39, 0.29) is 11.3 Å². The van der Waals surface area contributed by atoms with E-state index < -0.39 is 17.5 Å². The summed E-state index contributed by atoms with van der Waals surface area (Å²) in [6, 6.07) is 12.6. The van der Waals surface area contributed by atoms with Crippen LogP contribution in [0.2, 0.25) is 0 Å². The molecule has 0 heterocycles. The van der Waals surface area contributed by atoms with Crippen LogP contribution in [0, 0.1) is 34.3 Å². The number of carbonyl (C=O) groups is 1. The first-order valence-electron chi connectivity index (χ1n) is 6.42. The van der Waals surface area contributed by atoms with Crippen LogP contribution in [0.4, 0.5) is 14.5 Å². The summed E-state index contributed by atoms with van der Waals surface area (Å²) in [5, 5.41) is 20.0. The van der Waals surface area contributed by atoms with Crippen LogP contribution in [0.3, 0.4) is 0 Å². The van der Waals surface area contributed by atoms with Crippen LogP contribution >= 0.6 is 0 Å². The zero-order valence-electron chi connectivity index (χ0n) is 11.7. The van der Waals surface area contributed by atoms with Crippen LogP contribution in [0.15, 0.2) is 48.0 Å². The fourth-order valence-electron chi connectivity index (χ4n) is 1.75. The van der Waals surface area contributed by atoms with Gasteiger partial charge in [-0.15, -0.1) is 0 Å². The van der Waals surface area contributed by atoms with Crippen LogP contribution in [0.1, 0.15) is 11.1 Å². The van der Waals surface area contributed by atoms with Gasteiger partial charge in [0.25, 0.3) is 5.91 Å². The Balaban J connectivity index is 2.22. The van der Waals surface area contributed by atoms with E-state index in [2.05, 4.69) is 5.32 Å². The summed E-state index contributed by atoms with van der Waals surface area (Å²) in [7, 11) is 0. The van der Waals surface area contributed by atoms with Crippen molar-refractivity contribution in [2.75, 3.05) is 5.32 Å². The Labute approximate surface area is 130 Å². The first-order chi connectivity index (χ1) is 11.0. The average molecular weight is 309 g/mol. The monoisotopic (exact) mass is 309 g/mol. The smallest absolute Gasteiger partial charge is 0.266 e. The van der Waals surface area contributed by atoms with Crippen molar-refractivity contribution < 1.29 is 13.6 Å². The van der Waals surface area contributed by atoms with Gasteiger partial charge in [-0.2, -0.15) is 10.5 Å². The molecule has 0 aliphatic carbocycles. The summed E-state index contributed by atoms with van der Waals surface area (Å²) >= 11 is 0. The molecule has 112 valence electrons. The molecule has 1 amide bonds. The fraction of sp³-hybridized carbons (Fsp3) is 0. The topological polar surface area (TPSA) is 76.7 Å². The van der Waals surface area contributed by atoms with Crippen molar-refractivity contribution in [2.45, 2.75) is 0 Å². The standard InChI is InChI=1S/C17H9F2N3O/c18-14-5-6-16(15(19)8-14)22-17(23)13(10-21)7-11-1-3-12(9-20)4-2-11/h1-8H,(H,22,23)/b13-7+. The lowest BCUT2D eigenvalue weighted by atomic mass is 10.1. The molecular formula is C17H9F2N3O. The SMILES string of the molecule is N#C/C(=C\c1ccc(C#N)cc1)C(=O)Nc1ccc(F)cc1F. The lowest BCUT2D eigenvalue weighted by Crippen LogP contribution is -2.14. The van der Waals surface area contributed by atoms with Crippen molar-refractivity contribution in [3.8, 4) is 12.1 Å². The van der Waals surface area contributed by atoms with E-state index in [4.69, 9.17) is 10.5 Å². The highest BCUT2D eigenvalue weighted by molar-refractivity contribution is 6.09. The summed E-state index contributed by atoms with van der Waals surface area (Å²) in [5.74, 6) is -2.52. The molecule has 0 aliphatic rings. The van der Waals surface area contributed by atoms with E-state index in [1.54, 1.807) is 30.3 Å². The Morgan fingerprint density at radius 1 is 1.09 bits per heavy atom. The number of nitriles is 2. The van der Waals surface area contributed by atoms with Gasteiger partial charge < -0.3 is 5.32 Å². The molecule has 0 saturated heterocycles. The number of nitrogens with one attached hydrogen (secondary N) is 1. The van der Waals surface area contributed by atoms with Crippen LogP contribution in [0.25, 0.3) is 6.08 Å². The molecule has 0 atom stereocenters. The molecule has 0 aromatic heterocycles. The molecular weight excluding hydrogens is 300 g/mol. The number of hydrogen-bond donors (Lipinski definition) is 1. The van der Waals surface area contributed by atoms with Gasteiger partial charge in [0.2, 0.25) is 0 Å². The molecule has 0 radical (unpaired) electrons. The van der Waals surface area contributed by atoms with E-state index in [0.717, 1.165) is 12.1 Å². The van der Waals surface area contributed by atoms with Gasteiger partial charge in [0, 0.05) is 6.07 Å². The maximum absolute atomic E-state index is 13.5. The molecule has 2 rings (SSSR count). The molecule has 6 heteroatoms. The molecule has 2 aromatic rings. The van der Waals surface area contributed by atoms with E-state index in [9.17, 15) is 13.6 Å². The largest absolute Gasteiger partial charge is 0.319 e. The Morgan fingerprint density at radius 3 is 2.35 bits per heavy atom. The number of rotatable bonds is 3. The van der Waals surface area contributed by atoms with Gasteiger partial charge in [0.1, 0.15) is 23.3 Å². The van der Waals surface area contributed by atoms with E-state index in [1.807, 2.05) is 6.07 Å². The van der Waals surface area contributed by atoms with Crippen LogP contribution in [0.5, 0.6) is 0 Å². The Morgan fingerprint density at radius 2 is 1.78 bits per heavy atom. The van der Waals surface area contributed by atoms with Gasteiger partial charge in [0.15, 0.2) is 0 Å². The number of nitrogens with zero attached hydrogens (tertiary/aromatic N) is 2. The third-order valence-electron chi connectivity index (χ3n) is 2.90. The third-order valence-corrected chi connectivity index (χ3v) is 2.90. The van der Waals surface area contributed by atoms with Gasteiger partial charge in [-0.3, -0.25) is 4.79 Å². The second-order valence-corrected chi connectivity index (χ2v) is 4.48. The Hall–Kier alpha value is -3.51. The molecule has 0 aliphatic heterocycles. The number of benzene rings is 2. The lowest BCUT2D eigenvalue weighted by molar-refractivity contribution is -0.112. The second-order valence-electron chi connectivity index (χ2n) is 4.48. The summed E-state index contributed by atoms with van der Waals surface area (Å²) in [6.45, 7) is 0. The van der Waals surface area contributed by atoms with Crippen LogP contribution in [-0.4, -0.2) is 5.91 Å². The highest BCUT2D eigenvalue weighted by atomic mass is 19.1. The lowest BCUT2D eigenvalue weighted by Gasteiger charge is -2.05. The van der Waals surface area contributed by atoms with Gasteiger partial charge in [-0.05, 0) is 35.9 Å². The normalized spacial score (nSPS) is 10.5. The number of amides is 1. The Kier molecular flexibility index (Phi) is 4.81. The number of hydrogen-bond acceptors (Lipinski definition) is 3. The summed E-state index contributed by atoms with van der Waals surface area (Å²) < 4.78 is 26.3. The van der Waals surface area contributed by atoms with Crippen molar-refractivity contribution in [2.24, 2.45) is 0 Å². The first-order valence-corrected chi connectivity index (χ1v) is 6.42. The quantitative estimate of drug-likeness (QED) is 0.697. The van der Waals surface area contributed by atoms with Gasteiger partial charge in [-0.25, -0.2) is 8.78 Å². The highest BCUT2D eigenvalue weighted by Crippen LogP contribution is 2.16. The molecule has 23 heavy (non-hydrogen) atoms. The van der Waals surface area contributed by atoms with Crippen molar-refractivity contribution in [1.82, 2.24) is 0 Å². The maximum atomic E-state index is 13.5. The zero-order chi connectivity index (χ0) is 16.8. The van der Waals surface area contributed by atoms with Gasteiger partial charge >= 0.3 is 0 Å². The first kappa shape index (κ1) is 15.9. The minimum absolute atomic E-state index is 0.225. The van der Waals surface area contributed by atoms with E-state index in [1.165, 1.54) is 6.08 Å². The molecule has 4 nitrogen and oxygen atoms in total. The highest BCUT2D eigenvalue weighted by Gasteiger charge is 2.12. The van der Waals surface area contributed by atoms with Crippen molar-refractivity contribution >= 4 is 17.7 Å².